The van der Waals surface area contributed by atoms with Crippen molar-refractivity contribution in [2.45, 2.75) is 32.0 Å². The second-order valence-corrected chi connectivity index (χ2v) is 6.23. The van der Waals surface area contributed by atoms with Gasteiger partial charge in [0.25, 0.3) is 5.91 Å². The first-order chi connectivity index (χ1) is 10.2. The van der Waals surface area contributed by atoms with E-state index >= 15 is 0 Å². The largest absolute Gasteiger partial charge is 0.351 e. The molecule has 0 radical (unpaired) electrons. The molecule has 1 aromatic heterocycles. The lowest BCUT2D eigenvalue weighted by atomic mass is 9.97. The average molecular weight is 284 g/mol. The maximum Gasteiger partial charge on any atom is 0.268 e. The second-order valence-electron chi connectivity index (χ2n) is 6.23. The molecule has 2 aromatic rings. The number of fused-ring (bicyclic) bond motifs is 1. The molecule has 2 aliphatic rings. The molecule has 2 fully saturated rings. The molecule has 110 valence electrons. The molecule has 5 heteroatoms. The zero-order valence-corrected chi connectivity index (χ0v) is 12.0. The first-order valence-corrected chi connectivity index (χ1v) is 7.62. The number of carbonyl (C=O) groups is 1. The molecule has 1 amide bonds. The fourth-order valence-electron chi connectivity index (χ4n) is 3.24. The van der Waals surface area contributed by atoms with E-state index in [1.807, 2.05) is 30.3 Å². The Labute approximate surface area is 123 Å². The summed E-state index contributed by atoms with van der Waals surface area (Å²) in [6.07, 6.45) is 2.58. The van der Waals surface area contributed by atoms with E-state index in [1.165, 1.54) is 12.8 Å². The first-order valence-electron chi connectivity index (χ1n) is 7.62. The van der Waals surface area contributed by atoms with E-state index in [-0.39, 0.29) is 12.1 Å². The van der Waals surface area contributed by atoms with Gasteiger partial charge in [0, 0.05) is 22.9 Å². The van der Waals surface area contributed by atoms with Crippen molar-refractivity contribution in [3.8, 4) is 0 Å². The number of nitrogens with one attached hydrogen (secondary N) is 4. The van der Waals surface area contributed by atoms with Gasteiger partial charge in [-0.15, -0.1) is 0 Å². The Morgan fingerprint density at radius 3 is 2.81 bits per heavy atom. The zero-order valence-electron chi connectivity index (χ0n) is 12.0. The van der Waals surface area contributed by atoms with Crippen LogP contribution in [0.25, 0.3) is 10.9 Å². The highest BCUT2D eigenvalue weighted by molar-refractivity contribution is 5.98. The van der Waals surface area contributed by atoms with E-state index in [0.717, 1.165) is 16.8 Å². The summed E-state index contributed by atoms with van der Waals surface area (Å²) in [6.45, 7) is 2.19. The van der Waals surface area contributed by atoms with Crippen molar-refractivity contribution < 1.29 is 4.79 Å². The molecule has 3 atom stereocenters. The topological polar surface area (TPSA) is 69.0 Å². The van der Waals surface area contributed by atoms with Gasteiger partial charge >= 0.3 is 0 Å². The van der Waals surface area contributed by atoms with Gasteiger partial charge in [-0.3, -0.25) is 10.2 Å². The highest BCUT2D eigenvalue weighted by Crippen LogP contribution is 2.37. The number of amides is 1. The molecule has 21 heavy (non-hydrogen) atoms. The summed E-state index contributed by atoms with van der Waals surface area (Å²) in [6, 6.07) is 10.3. The van der Waals surface area contributed by atoms with Crippen LogP contribution >= 0.6 is 0 Å². The van der Waals surface area contributed by atoms with Gasteiger partial charge in [0.2, 0.25) is 0 Å². The van der Waals surface area contributed by atoms with E-state index in [2.05, 4.69) is 28.1 Å². The van der Waals surface area contributed by atoms with Crippen LogP contribution in [0.5, 0.6) is 0 Å². The van der Waals surface area contributed by atoms with Crippen molar-refractivity contribution in [1.82, 2.24) is 21.2 Å². The van der Waals surface area contributed by atoms with Crippen LogP contribution in [0.1, 0.15) is 30.3 Å². The van der Waals surface area contributed by atoms with Gasteiger partial charge in [-0.2, -0.15) is 0 Å². The molecule has 1 aliphatic carbocycles. The van der Waals surface area contributed by atoms with Crippen molar-refractivity contribution in [2.75, 3.05) is 0 Å². The predicted octanol–water partition coefficient (Wildman–Crippen LogP) is 1.75. The fraction of sp³-hybridized carbons (Fsp3) is 0.438. The van der Waals surface area contributed by atoms with Crippen LogP contribution in [0.4, 0.5) is 0 Å². The number of benzene rings is 1. The standard InChI is InChI=1S/C16H20N4O/c1-9-14(10-6-7-10)19-20-15(9)18-16(21)13-8-11-4-2-3-5-12(11)17-13/h2-5,8-10,14-15,17,19-20H,6-7H2,1H3,(H,18,21). The van der Waals surface area contributed by atoms with Gasteiger partial charge in [-0.05, 0) is 30.9 Å². The molecule has 1 aromatic carbocycles. The van der Waals surface area contributed by atoms with Crippen LogP contribution in [0.2, 0.25) is 0 Å². The van der Waals surface area contributed by atoms with Crippen LogP contribution in [0.15, 0.2) is 30.3 Å². The molecule has 4 N–H and O–H groups in total. The third-order valence-electron chi connectivity index (χ3n) is 4.69. The highest BCUT2D eigenvalue weighted by Gasteiger charge is 2.42. The predicted molar refractivity (Wildman–Crippen MR) is 81.5 cm³/mol. The van der Waals surface area contributed by atoms with Crippen molar-refractivity contribution in [3.63, 3.8) is 0 Å². The Kier molecular flexibility index (Phi) is 2.97. The number of hydrogen-bond acceptors (Lipinski definition) is 3. The minimum atomic E-state index is -0.0613. The van der Waals surface area contributed by atoms with Crippen LogP contribution in [-0.4, -0.2) is 23.1 Å². The van der Waals surface area contributed by atoms with Crippen LogP contribution in [0.3, 0.4) is 0 Å². The van der Waals surface area contributed by atoms with E-state index in [1.54, 1.807) is 0 Å². The Hall–Kier alpha value is -1.85. The summed E-state index contributed by atoms with van der Waals surface area (Å²) in [5.41, 5.74) is 8.14. The van der Waals surface area contributed by atoms with E-state index in [4.69, 9.17) is 0 Å². The lowest BCUT2D eigenvalue weighted by Gasteiger charge is -2.19. The molecule has 1 saturated carbocycles. The van der Waals surface area contributed by atoms with E-state index < -0.39 is 0 Å². The van der Waals surface area contributed by atoms with Crippen molar-refractivity contribution in [2.24, 2.45) is 11.8 Å². The first kappa shape index (κ1) is 12.9. The quantitative estimate of drug-likeness (QED) is 0.694. The number of hydrazine groups is 1. The minimum absolute atomic E-state index is 0.0190. The summed E-state index contributed by atoms with van der Waals surface area (Å²) in [4.78, 5) is 15.6. The normalized spacial score (nSPS) is 28.9. The molecular weight excluding hydrogens is 264 g/mol. The molecule has 0 spiro atoms. The van der Waals surface area contributed by atoms with Gasteiger partial charge in [0.15, 0.2) is 0 Å². The number of para-hydroxylation sites is 1. The zero-order chi connectivity index (χ0) is 14.4. The maximum atomic E-state index is 12.4. The number of carbonyl (C=O) groups excluding carboxylic acids is 1. The lowest BCUT2D eigenvalue weighted by molar-refractivity contribution is 0.0918. The fourth-order valence-corrected chi connectivity index (χ4v) is 3.24. The SMILES string of the molecule is CC1C(NC(=O)c2cc3ccccc3[nH]2)NNC1C1CC1. The summed E-state index contributed by atoms with van der Waals surface area (Å²) in [7, 11) is 0. The summed E-state index contributed by atoms with van der Waals surface area (Å²) in [5.74, 6) is 1.10. The van der Waals surface area contributed by atoms with Crippen molar-refractivity contribution in [3.05, 3.63) is 36.0 Å². The number of aromatic nitrogens is 1. The van der Waals surface area contributed by atoms with Gasteiger partial charge in [-0.25, -0.2) is 5.43 Å². The van der Waals surface area contributed by atoms with Gasteiger partial charge in [0.1, 0.15) is 5.69 Å². The molecule has 1 saturated heterocycles. The summed E-state index contributed by atoms with van der Waals surface area (Å²) < 4.78 is 0. The summed E-state index contributed by atoms with van der Waals surface area (Å²) in [5, 5.41) is 4.13. The molecular formula is C16H20N4O. The Morgan fingerprint density at radius 2 is 2.05 bits per heavy atom. The number of H-pyrrole nitrogens is 1. The smallest absolute Gasteiger partial charge is 0.268 e. The number of hydrogen-bond donors (Lipinski definition) is 4. The number of aromatic amines is 1. The maximum absolute atomic E-state index is 12.4. The molecule has 2 heterocycles. The third kappa shape index (κ3) is 2.32. The van der Waals surface area contributed by atoms with Crippen LogP contribution in [0, 0.1) is 11.8 Å². The third-order valence-corrected chi connectivity index (χ3v) is 4.69. The second kappa shape index (κ2) is 4.86. The highest BCUT2D eigenvalue weighted by atomic mass is 16.2. The van der Waals surface area contributed by atoms with E-state index in [0.29, 0.717) is 17.7 Å². The molecule has 4 rings (SSSR count). The van der Waals surface area contributed by atoms with Gasteiger partial charge in [-0.1, -0.05) is 25.1 Å². The minimum Gasteiger partial charge on any atom is -0.351 e. The Bertz CT molecular complexity index is 643. The van der Waals surface area contributed by atoms with E-state index in [9.17, 15) is 4.79 Å². The van der Waals surface area contributed by atoms with Crippen LogP contribution in [-0.2, 0) is 0 Å². The summed E-state index contributed by atoms with van der Waals surface area (Å²) >= 11 is 0. The van der Waals surface area contributed by atoms with Crippen LogP contribution < -0.4 is 16.2 Å². The lowest BCUT2D eigenvalue weighted by Crippen LogP contribution is -2.46. The molecule has 3 unspecified atom stereocenters. The molecule has 1 aliphatic heterocycles. The molecule has 0 bridgehead atoms. The van der Waals surface area contributed by atoms with Gasteiger partial charge in [0.05, 0.1) is 6.17 Å². The van der Waals surface area contributed by atoms with Crippen molar-refractivity contribution in [1.29, 1.82) is 0 Å². The van der Waals surface area contributed by atoms with Gasteiger partial charge < -0.3 is 10.3 Å². The average Bonchev–Trinajstić information content (AvgIpc) is 3.13. The van der Waals surface area contributed by atoms with Crippen molar-refractivity contribution >= 4 is 16.8 Å². The Morgan fingerprint density at radius 1 is 1.24 bits per heavy atom. The monoisotopic (exact) mass is 284 g/mol. The molecule has 5 nitrogen and oxygen atoms in total. The number of rotatable bonds is 3. The Balaban J connectivity index is 1.47.